The third-order valence-electron chi connectivity index (χ3n) is 9.74. The molecule has 0 radical (unpaired) electrons. The second-order valence-corrected chi connectivity index (χ2v) is 68.6. The van der Waals surface area contributed by atoms with E-state index in [0.717, 1.165) is 12.8 Å². The van der Waals surface area contributed by atoms with Crippen LogP contribution in [0.2, 0.25) is 52.4 Å². The monoisotopic (exact) mass is 757 g/mol. The van der Waals surface area contributed by atoms with Crippen molar-refractivity contribution in [2.75, 3.05) is 0 Å². The van der Waals surface area contributed by atoms with Gasteiger partial charge in [0.2, 0.25) is 0 Å². The van der Waals surface area contributed by atoms with E-state index in [-0.39, 0.29) is 7.25 Å². The van der Waals surface area contributed by atoms with Gasteiger partial charge in [0.25, 0.3) is 0 Å². The Morgan fingerprint density at radius 2 is 1.07 bits per heavy atom. The maximum atomic E-state index is 8.68. The van der Waals surface area contributed by atoms with Crippen molar-refractivity contribution in [3.05, 3.63) is 92.3 Å². The van der Waals surface area contributed by atoms with E-state index in [0.29, 0.717) is 0 Å². The number of allylic oxidation sites excluding steroid dienone is 2. The molecule has 0 aromatic heterocycles. The SMILES string of the molecule is CCCCC1=Cc2c(C=C[Si](C)(C)C)cccc2[CH]1[Zr]([Cl])([Cl])([CH]1C(CCCC)=Cc2c(C=C[Si](C)(C)C)cccc21)[SiH](C)C. The molecule has 0 amide bonds. The molecule has 2 aliphatic carbocycles. The van der Waals surface area contributed by atoms with E-state index in [1.54, 1.807) is 0 Å². The number of unbranched alkanes of at least 4 members (excludes halogenated alkanes) is 2. The first-order chi connectivity index (χ1) is 20.5. The number of halogens is 2. The van der Waals surface area contributed by atoms with Crippen LogP contribution in [0.4, 0.5) is 0 Å². The summed E-state index contributed by atoms with van der Waals surface area (Å²) in [5.74, 6) is -1.57. The van der Waals surface area contributed by atoms with Crippen molar-refractivity contribution in [3.8, 4) is 0 Å². The molecule has 2 aromatic carbocycles. The number of benzene rings is 2. The van der Waals surface area contributed by atoms with Crippen molar-refractivity contribution in [2.24, 2.45) is 0 Å². The molecule has 0 saturated carbocycles. The fraction of sp³-hybridized carbons (Fsp3) is 0.474. The molecule has 2 aliphatic rings. The summed E-state index contributed by atoms with van der Waals surface area (Å²) in [5, 5.41) is 0. The summed E-state index contributed by atoms with van der Waals surface area (Å²) in [5.41, 5.74) is 16.3. The van der Waals surface area contributed by atoms with Crippen molar-refractivity contribution in [3.63, 3.8) is 0 Å². The molecule has 0 saturated heterocycles. The van der Waals surface area contributed by atoms with Crippen LogP contribution in [0.25, 0.3) is 24.3 Å². The topological polar surface area (TPSA) is 0 Å². The number of hydrogen-bond donors (Lipinski definition) is 0. The Hall–Kier alpha value is -0.486. The number of hydrogen-bond acceptors (Lipinski definition) is 0. The molecule has 44 heavy (non-hydrogen) atoms. The van der Waals surface area contributed by atoms with Crippen LogP contribution in [0.15, 0.2) is 58.9 Å². The minimum absolute atomic E-state index is 0.176. The Balaban J connectivity index is 1.99. The van der Waals surface area contributed by atoms with Gasteiger partial charge in [-0.1, -0.05) is 0 Å². The molecule has 0 heterocycles. The molecule has 4 rings (SSSR count). The zero-order valence-electron chi connectivity index (χ0n) is 29.2. The normalized spacial score (nSPS) is 19.8. The molecular formula is C38H57Cl2Si3Zr. The van der Waals surface area contributed by atoms with Crippen molar-refractivity contribution in [1.29, 1.82) is 0 Å². The molecule has 0 bridgehead atoms. The molecule has 0 fully saturated rings. The van der Waals surface area contributed by atoms with E-state index in [2.05, 4.69) is 138 Å². The molecule has 0 nitrogen and oxygen atoms in total. The van der Waals surface area contributed by atoms with E-state index in [1.807, 2.05) is 0 Å². The molecule has 0 N–H and O–H groups in total. The molecule has 239 valence electrons. The van der Waals surface area contributed by atoms with Gasteiger partial charge >= 0.3 is 283 Å². The van der Waals surface area contributed by atoms with Crippen LogP contribution in [0.5, 0.6) is 0 Å². The third-order valence-corrected chi connectivity index (χ3v) is 63.9. The Morgan fingerprint density at radius 3 is 1.39 bits per heavy atom. The van der Waals surface area contributed by atoms with Gasteiger partial charge < -0.3 is 0 Å². The van der Waals surface area contributed by atoms with Crippen LogP contribution in [-0.2, 0) is 15.6 Å². The summed E-state index contributed by atoms with van der Waals surface area (Å²) >= 11 is -4.73. The molecule has 6 heteroatoms. The van der Waals surface area contributed by atoms with Gasteiger partial charge in [0, 0.05) is 0 Å². The van der Waals surface area contributed by atoms with Crippen LogP contribution in [-0.4, -0.2) is 22.1 Å². The Kier molecular flexibility index (Phi) is 11.5. The number of fused-ring (bicyclic) bond motifs is 2. The summed E-state index contributed by atoms with van der Waals surface area (Å²) in [4.78, 5) is 0. The van der Waals surface area contributed by atoms with Gasteiger partial charge in [-0.05, 0) is 0 Å². The first kappa shape index (κ1) is 36.4. The molecule has 0 spiro atoms. The quantitative estimate of drug-likeness (QED) is 0.178. The van der Waals surface area contributed by atoms with E-state index in [1.165, 1.54) is 70.2 Å². The second kappa shape index (κ2) is 13.9. The van der Waals surface area contributed by atoms with Crippen LogP contribution in [0.3, 0.4) is 0 Å². The van der Waals surface area contributed by atoms with Crippen molar-refractivity contribution < 1.29 is 15.6 Å². The second-order valence-electron chi connectivity index (χ2n) is 16.0. The standard InChI is InChI=1S/2C18H25Si.C2H7Si.2ClH.Zr/c2*1-5-6-8-15-13-17-10-7-9-16(18(17)14-15)11-12-19(2,3)4;1-3-2;;;/h2*7,9-14H,5-6,8H2,1-4H3;3H,1-2H3;2*1H;/q;;;;;+2/p-2. The molecule has 2 aromatic rings. The van der Waals surface area contributed by atoms with Crippen molar-refractivity contribution in [1.82, 2.24) is 0 Å². The molecular weight excluding hydrogens is 703 g/mol. The first-order valence-electron chi connectivity index (χ1n) is 17.1. The maximum absolute atomic E-state index is 8.68. The van der Waals surface area contributed by atoms with Gasteiger partial charge in [-0.15, -0.1) is 0 Å². The van der Waals surface area contributed by atoms with Gasteiger partial charge in [0.05, 0.1) is 0 Å². The average molecular weight is 760 g/mol. The molecule has 0 aliphatic heterocycles. The fourth-order valence-electron chi connectivity index (χ4n) is 7.28. The van der Waals surface area contributed by atoms with Gasteiger partial charge in [0.15, 0.2) is 0 Å². The van der Waals surface area contributed by atoms with Crippen LogP contribution in [0.1, 0.15) is 93.0 Å². The van der Waals surface area contributed by atoms with Gasteiger partial charge in [-0.25, -0.2) is 0 Å². The molecule has 2 atom stereocenters. The fourth-order valence-corrected chi connectivity index (χ4v) is 40.1. The van der Waals surface area contributed by atoms with Crippen molar-refractivity contribution in [2.45, 2.75) is 112 Å². The summed E-state index contributed by atoms with van der Waals surface area (Å²) in [6.45, 7) is 24.0. The zero-order chi connectivity index (χ0) is 32.5. The number of rotatable bonds is 13. The van der Waals surface area contributed by atoms with Crippen LogP contribution < -0.4 is 0 Å². The van der Waals surface area contributed by atoms with E-state index in [9.17, 15) is 0 Å². The predicted molar refractivity (Wildman–Crippen MR) is 209 cm³/mol. The summed E-state index contributed by atoms with van der Waals surface area (Å²) in [6, 6.07) is 13.9. The summed E-state index contributed by atoms with van der Waals surface area (Å²) in [7, 11) is 14.7. The van der Waals surface area contributed by atoms with Gasteiger partial charge in [-0.2, -0.15) is 0 Å². The Bertz CT molecular complexity index is 1380. The predicted octanol–water partition coefficient (Wildman–Crippen LogP) is 13.4. The molecule has 2 unspecified atom stereocenters. The van der Waals surface area contributed by atoms with Crippen LogP contribution in [0, 0.1) is 0 Å². The average Bonchev–Trinajstić information content (AvgIpc) is 3.51. The van der Waals surface area contributed by atoms with Crippen molar-refractivity contribution >= 4 is 63.4 Å². The van der Waals surface area contributed by atoms with Gasteiger partial charge in [-0.3, -0.25) is 0 Å². The van der Waals surface area contributed by atoms with Crippen LogP contribution >= 0.6 is 17.0 Å². The third kappa shape index (κ3) is 7.47. The van der Waals surface area contributed by atoms with Gasteiger partial charge in [0.1, 0.15) is 0 Å². The summed E-state index contributed by atoms with van der Waals surface area (Å²) in [6.07, 6.45) is 16.8. The Morgan fingerprint density at radius 1 is 0.682 bits per heavy atom. The summed E-state index contributed by atoms with van der Waals surface area (Å²) < 4.78 is 0.353. The van der Waals surface area contributed by atoms with E-state index < -0.39 is 37.6 Å². The minimum atomic E-state index is -4.73. The Labute approximate surface area is 280 Å². The van der Waals surface area contributed by atoms with E-state index >= 15 is 0 Å². The first-order valence-corrected chi connectivity index (χ1v) is 40.6. The zero-order valence-corrected chi connectivity index (χ0v) is 36.3. The van der Waals surface area contributed by atoms with E-state index in [4.69, 9.17) is 17.0 Å².